The summed E-state index contributed by atoms with van der Waals surface area (Å²) in [6.45, 7) is 5.25. The van der Waals surface area contributed by atoms with Gasteiger partial charge in [0.2, 0.25) is 11.8 Å². The van der Waals surface area contributed by atoms with Crippen molar-refractivity contribution in [1.29, 1.82) is 0 Å². The SMILES string of the molecule is Brc1cccc(-c2nnc(CN3CCN(C4CCCCC4)CC3)o2)c1. The Kier molecular flexibility index (Phi) is 5.48. The molecule has 1 aromatic carbocycles. The van der Waals surface area contributed by atoms with Gasteiger partial charge in [0.05, 0.1) is 6.54 Å². The van der Waals surface area contributed by atoms with Gasteiger partial charge in [0.1, 0.15) is 0 Å². The van der Waals surface area contributed by atoms with Crippen molar-refractivity contribution in [3.8, 4) is 11.5 Å². The minimum absolute atomic E-state index is 0.595. The van der Waals surface area contributed by atoms with Crippen LogP contribution in [0.2, 0.25) is 0 Å². The van der Waals surface area contributed by atoms with Crippen LogP contribution < -0.4 is 0 Å². The van der Waals surface area contributed by atoms with Crippen molar-refractivity contribution in [2.24, 2.45) is 0 Å². The molecule has 2 fully saturated rings. The Hall–Kier alpha value is -1.24. The van der Waals surface area contributed by atoms with Gasteiger partial charge in [-0.3, -0.25) is 9.80 Å². The summed E-state index contributed by atoms with van der Waals surface area (Å²) in [5.41, 5.74) is 0.954. The average molecular weight is 405 g/mol. The Labute approximate surface area is 157 Å². The van der Waals surface area contributed by atoms with E-state index in [0.29, 0.717) is 11.8 Å². The second-order valence-electron chi connectivity index (χ2n) is 7.12. The molecule has 0 radical (unpaired) electrons. The summed E-state index contributed by atoms with van der Waals surface area (Å²) in [5.74, 6) is 1.30. The normalized spacial score (nSPS) is 20.8. The van der Waals surface area contributed by atoms with Gasteiger partial charge in [-0.25, -0.2) is 0 Å². The third-order valence-electron chi connectivity index (χ3n) is 5.40. The first-order valence-corrected chi connectivity index (χ1v) is 10.1. The summed E-state index contributed by atoms with van der Waals surface area (Å²) in [6, 6.07) is 8.79. The molecule has 1 saturated heterocycles. The zero-order chi connectivity index (χ0) is 17.1. The van der Waals surface area contributed by atoms with Gasteiger partial charge in [0.15, 0.2) is 0 Å². The second-order valence-corrected chi connectivity index (χ2v) is 8.03. The molecule has 0 unspecified atom stereocenters. The second kappa shape index (κ2) is 7.98. The van der Waals surface area contributed by atoms with E-state index in [4.69, 9.17) is 4.42 Å². The van der Waals surface area contributed by atoms with Crippen LogP contribution in [-0.2, 0) is 6.54 Å². The Bertz CT molecular complexity index is 690. The van der Waals surface area contributed by atoms with Gasteiger partial charge in [-0.1, -0.05) is 41.3 Å². The average Bonchev–Trinajstić information content (AvgIpc) is 3.12. The van der Waals surface area contributed by atoms with Crippen LogP contribution >= 0.6 is 15.9 Å². The molecule has 1 saturated carbocycles. The van der Waals surface area contributed by atoms with Crippen molar-refractivity contribution < 1.29 is 4.42 Å². The number of aromatic nitrogens is 2. The first-order chi connectivity index (χ1) is 12.3. The predicted octanol–water partition coefficient (Wildman–Crippen LogP) is 3.95. The number of rotatable bonds is 4. The quantitative estimate of drug-likeness (QED) is 0.771. The van der Waals surface area contributed by atoms with Crippen LogP contribution in [0, 0.1) is 0 Å². The minimum atomic E-state index is 0.595. The summed E-state index contributed by atoms with van der Waals surface area (Å²) in [7, 11) is 0. The first kappa shape index (κ1) is 17.2. The van der Waals surface area contributed by atoms with Gasteiger partial charge < -0.3 is 4.42 Å². The van der Waals surface area contributed by atoms with E-state index < -0.39 is 0 Å². The van der Waals surface area contributed by atoms with Crippen molar-refractivity contribution in [3.05, 3.63) is 34.6 Å². The number of benzene rings is 1. The minimum Gasteiger partial charge on any atom is -0.419 e. The molecule has 134 valence electrons. The van der Waals surface area contributed by atoms with Crippen LogP contribution in [0.4, 0.5) is 0 Å². The van der Waals surface area contributed by atoms with Gasteiger partial charge in [-0.2, -0.15) is 0 Å². The van der Waals surface area contributed by atoms with E-state index in [1.807, 2.05) is 24.3 Å². The molecule has 4 rings (SSSR count). The van der Waals surface area contributed by atoms with E-state index >= 15 is 0 Å². The maximum absolute atomic E-state index is 5.87. The highest BCUT2D eigenvalue weighted by atomic mass is 79.9. The summed E-state index contributed by atoms with van der Waals surface area (Å²) < 4.78 is 6.89. The van der Waals surface area contributed by atoms with Crippen LogP contribution in [0.15, 0.2) is 33.2 Å². The monoisotopic (exact) mass is 404 g/mol. The lowest BCUT2D eigenvalue weighted by Crippen LogP contribution is -2.50. The Morgan fingerprint density at radius 3 is 2.60 bits per heavy atom. The van der Waals surface area contributed by atoms with Crippen LogP contribution in [0.5, 0.6) is 0 Å². The molecule has 6 heteroatoms. The number of halogens is 1. The number of nitrogens with zero attached hydrogens (tertiary/aromatic N) is 4. The fraction of sp³-hybridized carbons (Fsp3) is 0.579. The van der Waals surface area contributed by atoms with Crippen molar-refractivity contribution >= 4 is 15.9 Å². The maximum Gasteiger partial charge on any atom is 0.247 e. The summed E-state index contributed by atoms with van der Waals surface area (Å²) >= 11 is 3.48. The molecule has 5 nitrogen and oxygen atoms in total. The van der Waals surface area contributed by atoms with Gasteiger partial charge in [0.25, 0.3) is 0 Å². The molecule has 0 atom stereocenters. The van der Waals surface area contributed by atoms with Gasteiger partial charge >= 0.3 is 0 Å². The lowest BCUT2D eigenvalue weighted by molar-refractivity contribution is 0.0714. The molecular weight excluding hydrogens is 380 g/mol. The predicted molar refractivity (Wildman–Crippen MR) is 101 cm³/mol. The van der Waals surface area contributed by atoms with Crippen LogP contribution in [0.1, 0.15) is 38.0 Å². The summed E-state index contributed by atoms with van der Waals surface area (Å²) in [6.07, 6.45) is 7.02. The fourth-order valence-corrected chi connectivity index (χ4v) is 4.38. The third-order valence-corrected chi connectivity index (χ3v) is 5.89. The molecule has 2 aromatic rings. The molecule has 25 heavy (non-hydrogen) atoms. The molecule has 0 bridgehead atoms. The molecule has 1 aromatic heterocycles. The molecule has 2 heterocycles. The van der Waals surface area contributed by atoms with Crippen LogP contribution in [0.25, 0.3) is 11.5 Å². The zero-order valence-corrected chi connectivity index (χ0v) is 16.1. The highest BCUT2D eigenvalue weighted by Crippen LogP contribution is 2.25. The summed E-state index contributed by atoms with van der Waals surface area (Å²) in [5, 5.41) is 8.44. The lowest BCUT2D eigenvalue weighted by atomic mass is 9.94. The van der Waals surface area contributed by atoms with Gasteiger partial charge in [-0.15, -0.1) is 10.2 Å². The van der Waals surface area contributed by atoms with Crippen LogP contribution in [0.3, 0.4) is 0 Å². The largest absolute Gasteiger partial charge is 0.419 e. The van der Waals surface area contributed by atoms with Crippen molar-refractivity contribution in [2.45, 2.75) is 44.7 Å². The molecule has 0 N–H and O–H groups in total. The highest BCUT2D eigenvalue weighted by Gasteiger charge is 2.25. The summed E-state index contributed by atoms with van der Waals surface area (Å²) in [4.78, 5) is 5.12. The van der Waals surface area contributed by atoms with E-state index in [9.17, 15) is 0 Å². The van der Waals surface area contributed by atoms with Crippen molar-refractivity contribution in [1.82, 2.24) is 20.0 Å². The Morgan fingerprint density at radius 1 is 1.04 bits per heavy atom. The molecule has 2 aliphatic rings. The molecular formula is C19H25BrN4O. The first-order valence-electron chi connectivity index (χ1n) is 9.33. The number of hydrogen-bond donors (Lipinski definition) is 0. The topological polar surface area (TPSA) is 45.4 Å². The van der Waals surface area contributed by atoms with E-state index in [2.05, 4.69) is 35.9 Å². The maximum atomic E-state index is 5.87. The fourth-order valence-electron chi connectivity index (χ4n) is 3.98. The standard InChI is InChI=1S/C19H25BrN4O/c20-16-6-4-5-15(13-16)19-22-21-18(25-19)14-23-9-11-24(12-10-23)17-7-2-1-3-8-17/h4-6,13,17H,1-3,7-12,14H2. The number of piperazine rings is 1. The smallest absolute Gasteiger partial charge is 0.247 e. The Morgan fingerprint density at radius 2 is 1.84 bits per heavy atom. The van der Waals surface area contributed by atoms with E-state index in [0.717, 1.165) is 48.8 Å². The van der Waals surface area contributed by atoms with Crippen LogP contribution in [-0.4, -0.2) is 52.2 Å². The molecule has 0 amide bonds. The van der Waals surface area contributed by atoms with Gasteiger partial charge in [-0.05, 0) is 31.0 Å². The Balaban J connectivity index is 1.31. The van der Waals surface area contributed by atoms with E-state index in [-0.39, 0.29) is 0 Å². The molecule has 0 spiro atoms. The van der Waals surface area contributed by atoms with Crippen molar-refractivity contribution in [2.75, 3.05) is 26.2 Å². The highest BCUT2D eigenvalue weighted by molar-refractivity contribution is 9.10. The molecule has 1 aliphatic heterocycles. The van der Waals surface area contributed by atoms with Crippen molar-refractivity contribution in [3.63, 3.8) is 0 Å². The van der Waals surface area contributed by atoms with E-state index in [1.165, 1.54) is 32.1 Å². The third kappa shape index (κ3) is 4.30. The van der Waals surface area contributed by atoms with Gasteiger partial charge in [0, 0.05) is 42.3 Å². The van der Waals surface area contributed by atoms with E-state index in [1.54, 1.807) is 0 Å². The molecule has 1 aliphatic carbocycles. The number of hydrogen-bond acceptors (Lipinski definition) is 5. The zero-order valence-electron chi connectivity index (χ0n) is 14.5. The lowest BCUT2D eigenvalue weighted by Gasteiger charge is -2.40.